The van der Waals surface area contributed by atoms with Crippen molar-refractivity contribution in [2.45, 2.75) is 33.2 Å². The van der Waals surface area contributed by atoms with E-state index < -0.39 is 0 Å². The largest absolute Gasteiger partial charge is 0.324 e. The first kappa shape index (κ1) is 14.3. The zero-order valence-corrected chi connectivity index (χ0v) is 13.0. The predicted molar refractivity (Wildman–Crippen MR) is 89.5 cm³/mol. The minimum Gasteiger partial charge on any atom is -0.324 e. The van der Waals surface area contributed by atoms with Gasteiger partial charge in [0.15, 0.2) is 0 Å². The maximum Gasteiger partial charge on any atom is 0.141 e. The zero-order valence-electron chi connectivity index (χ0n) is 13.0. The van der Waals surface area contributed by atoms with Crippen molar-refractivity contribution in [3.05, 3.63) is 53.6 Å². The normalized spacial score (nSPS) is 10.8. The number of unbranched alkanes of at least 4 members (excludes halogenated alkanes) is 1. The van der Waals surface area contributed by atoms with E-state index in [1.165, 1.54) is 11.1 Å². The van der Waals surface area contributed by atoms with Crippen LogP contribution >= 0.6 is 0 Å². The van der Waals surface area contributed by atoms with Crippen molar-refractivity contribution in [2.24, 2.45) is 0 Å². The van der Waals surface area contributed by atoms with Gasteiger partial charge in [-0.3, -0.25) is 0 Å². The minimum absolute atomic E-state index is 0.568. The van der Waals surface area contributed by atoms with Crippen LogP contribution in [0.2, 0.25) is 0 Å². The number of nitriles is 1. The van der Waals surface area contributed by atoms with Crippen LogP contribution < -0.4 is 0 Å². The molecule has 0 amide bonds. The number of nitrogens with zero attached hydrogens (tertiary/aromatic N) is 3. The third-order valence-corrected chi connectivity index (χ3v) is 4.07. The smallest absolute Gasteiger partial charge is 0.141 e. The highest BCUT2D eigenvalue weighted by Gasteiger charge is 2.13. The van der Waals surface area contributed by atoms with Gasteiger partial charge in [0, 0.05) is 18.5 Å². The molecule has 0 saturated carbocycles. The Morgan fingerprint density at radius 2 is 1.82 bits per heavy atom. The van der Waals surface area contributed by atoms with Gasteiger partial charge in [-0.05, 0) is 43.5 Å². The molecule has 0 spiro atoms. The maximum absolute atomic E-state index is 8.80. The van der Waals surface area contributed by atoms with E-state index in [2.05, 4.69) is 48.7 Å². The second-order valence-corrected chi connectivity index (χ2v) is 5.64. The van der Waals surface area contributed by atoms with E-state index in [1.807, 2.05) is 18.2 Å². The van der Waals surface area contributed by atoms with Crippen molar-refractivity contribution in [1.82, 2.24) is 9.55 Å². The molecule has 110 valence electrons. The average Bonchev–Trinajstić information content (AvgIpc) is 2.87. The summed E-state index contributed by atoms with van der Waals surface area (Å²) >= 11 is 0. The number of rotatable bonds is 4. The molecule has 0 atom stereocenters. The molecular formula is C19H19N3. The Labute approximate surface area is 130 Å². The van der Waals surface area contributed by atoms with Crippen molar-refractivity contribution in [3.63, 3.8) is 0 Å². The van der Waals surface area contributed by atoms with Gasteiger partial charge in [0.25, 0.3) is 0 Å². The highest BCUT2D eigenvalue weighted by atomic mass is 15.1. The molecule has 0 saturated heterocycles. The standard InChI is InChI=1S/C19H19N3/c1-14-12-17-18(13-15(14)2)22(11-7-6-10-20)19(21-17)16-8-4-3-5-9-16/h3-5,8-9,12-13H,6-7,11H2,1-2H3. The van der Waals surface area contributed by atoms with E-state index in [0.717, 1.165) is 35.4 Å². The monoisotopic (exact) mass is 289 g/mol. The van der Waals surface area contributed by atoms with Crippen LogP contribution in [0.25, 0.3) is 22.4 Å². The summed E-state index contributed by atoms with van der Waals surface area (Å²) in [7, 11) is 0. The minimum atomic E-state index is 0.568. The van der Waals surface area contributed by atoms with Crippen molar-refractivity contribution < 1.29 is 0 Å². The molecule has 0 aliphatic rings. The maximum atomic E-state index is 8.80. The number of fused-ring (bicyclic) bond motifs is 1. The first-order valence-corrected chi connectivity index (χ1v) is 7.60. The third-order valence-electron chi connectivity index (χ3n) is 4.07. The van der Waals surface area contributed by atoms with E-state index in [1.54, 1.807) is 0 Å². The van der Waals surface area contributed by atoms with Crippen LogP contribution in [0, 0.1) is 25.2 Å². The molecule has 0 unspecified atom stereocenters. The summed E-state index contributed by atoms with van der Waals surface area (Å²) in [5.74, 6) is 0.985. The van der Waals surface area contributed by atoms with Crippen molar-refractivity contribution in [3.8, 4) is 17.5 Å². The molecule has 3 aromatic rings. The number of aryl methyl sites for hydroxylation is 3. The van der Waals surface area contributed by atoms with Gasteiger partial charge in [0.05, 0.1) is 17.1 Å². The molecule has 22 heavy (non-hydrogen) atoms. The molecule has 1 aromatic heterocycles. The summed E-state index contributed by atoms with van der Waals surface area (Å²) in [6.45, 7) is 5.06. The summed E-state index contributed by atoms with van der Waals surface area (Å²) in [4.78, 5) is 4.84. The second-order valence-electron chi connectivity index (χ2n) is 5.64. The average molecular weight is 289 g/mol. The summed E-state index contributed by atoms with van der Waals surface area (Å²) in [6.07, 6.45) is 1.41. The third kappa shape index (κ3) is 2.60. The van der Waals surface area contributed by atoms with Crippen LogP contribution in [0.5, 0.6) is 0 Å². The molecule has 3 nitrogen and oxygen atoms in total. The van der Waals surface area contributed by atoms with Gasteiger partial charge in [-0.25, -0.2) is 4.98 Å². The van der Waals surface area contributed by atoms with E-state index in [-0.39, 0.29) is 0 Å². The van der Waals surface area contributed by atoms with Crippen LogP contribution in [0.4, 0.5) is 0 Å². The lowest BCUT2D eigenvalue weighted by molar-refractivity contribution is 0.675. The summed E-state index contributed by atoms with van der Waals surface area (Å²) in [5.41, 5.74) is 5.83. The van der Waals surface area contributed by atoms with Crippen LogP contribution in [0.15, 0.2) is 42.5 Å². The number of imidazole rings is 1. The van der Waals surface area contributed by atoms with Gasteiger partial charge in [-0.2, -0.15) is 5.26 Å². The Morgan fingerprint density at radius 3 is 2.55 bits per heavy atom. The molecule has 2 aromatic carbocycles. The van der Waals surface area contributed by atoms with Gasteiger partial charge in [-0.15, -0.1) is 0 Å². The lowest BCUT2D eigenvalue weighted by atomic mass is 10.1. The quantitative estimate of drug-likeness (QED) is 0.657. The van der Waals surface area contributed by atoms with Crippen LogP contribution in [-0.2, 0) is 6.54 Å². The topological polar surface area (TPSA) is 41.6 Å². The summed E-state index contributed by atoms with van der Waals surface area (Å²) in [6, 6.07) is 16.8. The van der Waals surface area contributed by atoms with Crippen LogP contribution in [0.3, 0.4) is 0 Å². The molecular weight excluding hydrogens is 270 g/mol. The van der Waals surface area contributed by atoms with Crippen molar-refractivity contribution in [1.29, 1.82) is 5.26 Å². The SMILES string of the molecule is Cc1cc2nc(-c3ccccc3)n(CCCC#N)c2cc1C. The van der Waals surface area contributed by atoms with Crippen molar-refractivity contribution in [2.75, 3.05) is 0 Å². The molecule has 1 heterocycles. The van der Waals surface area contributed by atoms with E-state index >= 15 is 0 Å². The first-order valence-electron chi connectivity index (χ1n) is 7.60. The van der Waals surface area contributed by atoms with Crippen molar-refractivity contribution >= 4 is 11.0 Å². The molecule has 0 fully saturated rings. The lowest BCUT2D eigenvalue weighted by Crippen LogP contribution is -2.01. The first-order chi connectivity index (χ1) is 10.7. The molecule has 3 rings (SSSR count). The van der Waals surface area contributed by atoms with E-state index in [0.29, 0.717) is 6.42 Å². The Balaban J connectivity index is 2.17. The number of aromatic nitrogens is 2. The Morgan fingerprint density at radius 1 is 1.09 bits per heavy atom. The van der Waals surface area contributed by atoms with E-state index in [9.17, 15) is 0 Å². The van der Waals surface area contributed by atoms with Gasteiger partial charge in [-0.1, -0.05) is 30.3 Å². The highest BCUT2D eigenvalue weighted by Crippen LogP contribution is 2.27. The Bertz CT molecular complexity index is 838. The fraction of sp³-hybridized carbons (Fsp3) is 0.263. The van der Waals surface area contributed by atoms with Crippen LogP contribution in [-0.4, -0.2) is 9.55 Å². The molecule has 0 aliphatic heterocycles. The van der Waals surface area contributed by atoms with Gasteiger partial charge in [0.2, 0.25) is 0 Å². The number of benzene rings is 2. The molecule has 0 N–H and O–H groups in total. The Kier molecular flexibility index (Phi) is 3.93. The molecule has 0 bridgehead atoms. The summed E-state index contributed by atoms with van der Waals surface area (Å²) in [5, 5.41) is 8.80. The zero-order chi connectivity index (χ0) is 15.5. The molecule has 0 radical (unpaired) electrons. The highest BCUT2D eigenvalue weighted by molar-refractivity contribution is 5.82. The fourth-order valence-corrected chi connectivity index (χ4v) is 2.73. The molecule has 0 aliphatic carbocycles. The van der Waals surface area contributed by atoms with Crippen LogP contribution in [0.1, 0.15) is 24.0 Å². The van der Waals surface area contributed by atoms with E-state index in [4.69, 9.17) is 10.2 Å². The predicted octanol–water partition coefficient (Wildman–Crippen LogP) is 4.62. The number of hydrogen-bond acceptors (Lipinski definition) is 2. The number of hydrogen-bond donors (Lipinski definition) is 0. The molecule has 3 heteroatoms. The van der Waals surface area contributed by atoms with Gasteiger partial charge >= 0.3 is 0 Å². The van der Waals surface area contributed by atoms with Gasteiger partial charge < -0.3 is 4.57 Å². The lowest BCUT2D eigenvalue weighted by Gasteiger charge is -2.09. The fourth-order valence-electron chi connectivity index (χ4n) is 2.73. The summed E-state index contributed by atoms with van der Waals surface area (Å²) < 4.78 is 2.24. The van der Waals surface area contributed by atoms with Gasteiger partial charge in [0.1, 0.15) is 5.82 Å². The Hall–Kier alpha value is -2.60. The second kappa shape index (κ2) is 6.03.